The Hall–Kier alpha value is -1.46. The molecule has 0 fully saturated rings. The third-order valence-corrected chi connectivity index (χ3v) is 4.08. The average molecular weight is 280 g/mol. The minimum atomic E-state index is -0.902. The Morgan fingerprint density at radius 1 is 1.33 bits per heavy atom. The summed E-state index contributed by atoms with van der Waals surface area (Å²) in [5.74, 6) is -0.156. The predicted octanol–water partition coefficient (Wildman–Crippen LogP) is 3.75. The first-order valence-electron chi connectivity index (χ1n) is 5.27. The zero-order valence-electron chi connectivity index (χ0n) is 9.75. The van der Waals surface area contributed by atoms with E-state index >= 15 is 0 Å². The molecule has 0 aliphatic carbocycles. The van der Waals surface area contributed by atoms with Gasteiger partial charge in [-0.15, -0.1) is 23.1 Å². The van der Waals surface area contributed by atoms with E-state index in [1.807, 2.05) is 30.5 Å². The van der Waals surface area contributed by atoms with Gasteiger partial charge in [-0.2, -0.15) is 0 Å². The molecule has 0 aliphatic rings. The molecule has 0 saturated carbocycles. The summed E-state index contributed by atoms with van der Waals surface area (Å²) in [6.45, 7) is 0.281. The largest absolute Gasteiger partial charge is 0.489 e. The number of carbonyl (C=O) groups is 1. The van der Waals surface area contributed by atoms with Gasteiger partial charge in [-0.05, 0) is 42.0 Å². The topological polar surface area (TPSA) is 46.5 Å². The lowest BCUT2D eigenvalue weighted by Gasteiger charge is -2.06. The fourth-order valence-electron chi connectivity index (χ4n) is 1.47. The standard InChI is InChI=1S/C13H12O3S2/c1-17-11-4-2-10(3-5-11)16-8-9-6-7-18-12(9)13(14)15/h2-7H,8H2,1H3,(H,14,15). The maximum absolute atomic E-state index is 10.9. The van der Waals surface area contributed by atoms with Gasteiger partial charge in [0.1, 0.15) is 17.2 Å². The molecule has 0 atom stereocenters. The van der Waals surface area contributed by atoms with Crippen LogP contribution in [0.15, 0.2) is 40.6 Å². The molecule has 0 bridgehead atoms. The van der Waals surface area contributed by atoms with Gasteiger partial charge in [0.05, 0.1) is 0 Å². The molecule has 0 amide bonds. The van der Waals surface area contributed by atoms with Crippen LogP contribution in [0.25, 0.3) is 0 Å². The molecule has 1 N–H and O–H groups in total. The Balaban J connectivity index is 2.02. The van der Waals surface area contributed by atoms with Gasteiger partial charge in [-0.25, -0.2) is 4.79 Å². The van der Waals surface area contributed by atoms with E-state index in [1.165, 1.54) is 16.2 Å². The van der Waals surface area contributed by atoms with Crippen molar-refractivity contribution in [3.63, 3.8) is 0 Å². The number of thiophene rings is 1. The summed E-state index contributed by atoms with van der Waals surface area (Å²) in [5.41, 5.74) is 0.710. The third kappa shape index (κ3) is 3.05. The second kappa shape index (κ2) is 5.93. The quantitative estimate of drug-likeness (QED) is 0.847. The van der Waals surface area contributed by atoms with Crippen LogP contribution in [0.2, 0.25) is 0 Å². The van der Waals surface area contributed by atoms with Crippen LogP contribution in [0.4, 0.5) is 0 Å². The first-order valence-corrected chi connectivity index (χ1v) is 7.37. The summed E-state index contributed by atoms with van der Waals surface area (Å²) in [5, 5.41) is 10.7. The molecule has 2 aromatic rings. The van der Waals surface area contributed by atoms with Gasteiger partial charge in [0.2, 0.25) is 0 Å². The zero-order valence-corrected chi connectivity index (χ0v) is 11.4. The molecule has 5 heteroatoms. The van der Waals surface area contributed by atoms with Crippen LogP contribution in [-0.2, 0) is 6.61 Å². The van der Waals surface area contributed by atoms with Crippen LogP contribution in [-0.4, -0.2) is 17.3 Å². The first-order chi connectivity index (χ1) is 8.70. The van der Waals surface area contributed by atoms with Gasteiger partial charge in [0, 0.05) is 10.5 Å². The minimum absolute atomic E-state index is 0.281. The van der Waals surface area contributed by atoms with Crippen molar-refractivity contribution >= 4 is 29.1 Å². The molecule has 0 unspecified atom stereocenters. The Bertz CT molecular complexity index is 531. The van der Waals surface area contributed by atoms with Crippen molar-refractivity contribution in [2.75, 3.05) is 6.26 Å². The molecule has 1 heterocycles. The van der Waals surface area contributed by atoms with Crippen LogP contribution in [0, 0.1) is 0 Å². The molecular formula is C13H12O3S2. The van der Waals surface area contributed by atoms with Gasteiger partial charge in [-0.3, -0.25) is 0 Å². The number of rotatable bonds is 5. The maximum atomic E-state index is 10.9. The van der Waals surface area contributed by atoms with Gasteiger partial charge in [0.15, 0.2) is 0 Å². The molecule has 1 aromatic heterocycles. The SMILES string of the molecule is CSc1ccc(OCc2ccsc2C(=O)O)cc1. The van der Waals surface area contributed by atoms with Gasteiger partial charge in [-0.1, -0.05) is 0 Å². The number of hydrogen-bond donors (Lipinski definition) is 1. The lowest BCUT2D eigenvalue weighted by molar-refractivity contribution is 0.0699. The highest BCUT2D eigenvalue weighted by atomic mass is 32.2. The van der Waals surface area contributed by atoms with Crippen LogP contribution >= 0.6 is 23.1 Å². The van der Waals surface area contributed by atoms with Gasteiger partial charge < -0.3 is 9.84 Å². The van der Waals surface area contributed by atoms with Crippen molar-refractivity contribution < 1.29 is 14.6 Å². The summed E-state index contributed by atoms with van der Waals surface area (Å²) in [6, 6.07) is 9.51. The summed E-state index contributed by atoms with van der Waals surface area (Å²) < 4.78 is 5.57. The molecule has 18 heavy (non-hydrogen) atoms. The molecular weight excluding hydrogens is 268 g/mol. The van der Waals surface area contributed by atoms with Crippen LogP contribution < -0.4 is 4.74 Å². The summed E-state index contributed by atoms with van der Waals surface area (Å²) >= 11 is 2.88. The number of carboxylic acid groups (broad SMARTS) is 1. The van der Waals surface area contributed by atoms with Crippen LogP contribution in [0.3, 0.4) is 0 Å². The number of benzene rings is 1. The fraction of sp³-hybridized carbons (Fsp3) is 0.154. The minimum Gasteiger partial charge on any atom is -0.489 e. The van der Waals surface area contributed by atoms with Crippen molar-refractivity contribution in [3.05, 3.63) is 46.2 Å². The second-order valence-electron chi connectivity index (χ2n) is 3.54. The maximum Gasteiger partial charge on any atom is 0.346 e. The molecule has 3 nitrogen and oxygen atoms in total. The molecule has 0 radical (unpaired) electrons. The second-order valence-corrected chi connectivity index (χ2v) is 5.34. The van der Waals surface area contributed by atoms with E-state index in [4.69, 9.17) is 9.84 Å². The summed E-state index contributed by atoms with van der Waals surface area (Å²) in [7, 11) is 0. The predicted molar refractivity (Wildman–Crippen MR) is 73.8 cm³/mol. The number of aromatic carboxylic acids is 1. The summed E-state index contributed by atoms with van der Waals surface area (Å²) in [4.78, 5) is 12.4. The normalized spacial score (nSPS) is 10.3. The number of ether oxygens (including phenoxy) is 1. The van der Waals surface area contributed by atoms with Crippen molar-refractivity contribution in [1.82, 2.24) is 0 Å². The van der Waals surface area contributed by atoms with E-state index in [0.29, 0.717) is 10.4 Å². The Labute approximate surface area is 113 Å². The van der Waals surface area contributed by atoms with Crippen LogP contribution in [0.5, 0.6) is 5.75 Å². The highest BCUT2D eigenvalue weighted by Crippen LogP contribution is 2.22. The summed E-state index contributed by atoms with van der Waals surface area (Å²) in [6.07, 6.45) is 2.01. The third-order valence-electron chi connectivity index (χ3n) is 2.39. The average Bonchev–Trinajstić information content (AvgIpc) is 2.85. The lowest BCUT2D eigenvalue weighted by Crippen LogP contribution is -2.01. The van der Waals surface area contributed by atoms with E-state index < -0.39 is 5.97 Å². The van der Waals surface area contributed by atoms with Crippen molar-refractivity contribution in [2.24, 2.45) is 0 Å². The molecule has 2 rings (SSSR count). The fourth-order valence-corrected chi connectivity index (χ4v) is 2.63. The first kappa shape index (κ1) is 13.0. The van der Waals surface area contributed by atoms with E-state index in [2.05, 4.69) is 0 Å². The monoisotopic (exact) mass is 280 g/mol. The molecule has 1 aromatic carbocycles. The van der Waals surface area contributed by atoms with Gasteiger partial charge in [0.25, 0.3) is 0 Å². The van der Waals surface area contributed by atoms with Gasteiger partial charge >= 0.3 is 5.97 Å². The van der Waals surface area contributed by atoms with Crippen molar-refractivity contribution in [3.8, 4) is 5.75 Å². The number of hydrogen-bond acceptors (Lipinski definition) is 4. The van der Waals surface area contributed by atoms with E-state index in [-0.39, 0.29) is 6.61 Å². The van der Waals surface area contributed by atoms with E-state index in [9.17, 15) is 4.79 Å². The zero-order chi connectivity index (χ0) is 13.0. The van der Waals surface area contributed by atoms with Crippen molar-refractivity contribution in [2.45, 2.75) is 11.5 Å². The Kier molecular flexibility index (Phi) is 4.28. The molecule has 0 saturated heterocycles. The lowest BCUT2D eigenvalue weighted by atomic mass is 10.2. The van der Waals surface area contributed by atoms with E-state index in [1.54, 1.807) is 23.2 Å². The Morgan fingerprint density at radius 3 is 2.67 bits per heavy atom. The van der Waals surface area contributed by atoms with Crippen LogP contribution in [0.1, 0.15) is 15.2 Å². The Morgan fingerprint density at radius 2 is 2.06 bits per heavy atom. The number of thioether (sulfide) groups is 1. The highest BCUT2D eigenvalue weighted by molar-refractivity contribution is 7.98. The molecule has 0 spiro atoms. The molecule has 0 aliphatic heterocycles. The smallest absolute Gasteiger partial charge is 0.346 e. The highest BCUT2D eigenvalue weighted by Gasteiger charge is 2.11. The van der Waals surface area contributed by atoms with E-state index in [0.717, 1.165) is 5.75 Å². The number of carboxylic acids is 1. The molecule has 94 valence electrons. The van der Waals surface area contributed by atoms with Crippen molar-refractivity contribution in [1.29, 1.82) is 0 Å².